The van der Waals surface area contributed by atoms with E-state index in [1.54, 1.807) is 12.1 Å². The first-order valence-electron chi connectivity index (χ1n) is 9.19. The Hall–Kier alpha value is -1.66. The average Bonchev–Trinajstić information content (AvgIpc) is 2.57. The Morgan fingerprint density at radius 2 is 2.12 bits per heavy atom. The Balaban J connectivity index is 2.00. The van der Waals surface area contributed by atoms with Gasteiger partial charge in [-0.05, 0) is 49.4 Å². The van der Waals surface area contributed by atoms with Crippen LogP contribution >= 0.6 is 0 Å². The molecular formula is C20H31FN2O3. The Bertz CT molecular complexity index is 630. The van der Waals surface area contributed by atoms with Crippen LogP contribution in [0, 0.1) is 11.2 Å². The summed E-state index contributed by atoms with van der Waals surface area (Å²) in [7, 11) is 1.52. The van der Waals surface area contributed by atoms with Gasteiger partial charge in [-0.1, -0.05) is 20.8 Å². The van der Waals surface area contributed by atoms with Crippen molar-refractivity contribution in [3.63, 3.8) is 0 Å². The minimum atomic E-state index is -1.43. The molecule has 1 aliphatic heterocycles. The number of hydrogen-bond donors (Lipinski definition) is 2. The second-order valence-electron chi connectivity index (χ2n) is 8.31. The van der Waals surface area contributed by atoms with E-state index in [0.29, 0.717) is 30.7 Å². The highest BCUT2D eigenvalue weighted by atomic mass is 19.1. The van der Waals surface area contributed by atoms with Gasteiger partial charge in [0.25, 0.3) is 5.91 Å². The minimum absolute atomic E-state index is 0.131. The van der Waals surface area contributed by atoms with E-state index in [1.165, 1.54) is 18.1 Å². The number of amides is 1. The third-order valence-electron chi connectivity index (χ3n) is 4.79. The Kier molecular flexibility index (Phi) is 6.64. The van der Waals surface area contributed by atoms with Gasteiger partial charge in [-0.2, -0.15) is 0 Å². The molecule has 0 unspecified atom stereocenters. The summed E-state index contributed by atoms with van der Waals surface area (Å²) in [5.41, 5.74) is -0.837. The van der Waals surface area contributed by atoms with Gasteiger partial charge in [-0.15, -0.1) is 0 Å². The van der Waals surface area contributed by atoms with Crippen molar-refractivity contribution in [3.8, 4) is 5.75 Å². The average molecular weight is 366 g/mol. The van der Waals surface area contributed by atoms with Crippen LogP contribution in [0.3, 0.4) is 0 Å². The Labute approximate surface area is 155 Å². The summed E-state index contributed by atoms with van der Waals surface area (Å²) in [6.45, 7) is 8.06. The quantitative estimate of drug-likeness (QED) is 0.729. The second-order valence-corrected chi connectivity index (χ2v) is 8.31. The lowest BCUT2D eigenvalue weighted by molar-refractivity contribution is -0.157. The number of rotatable bonds is 7. The fraction of sp³-hybridized carbons (Fsp3) is 0.650. The summed E-state index contributed by atoms with van der Waals surface area (Å²) < 4.78 is 19.2. The topological polar surface area (TPSA) is 61.8 Å². The van der Waals surface area contributed by atoms with Crippen molar-refractivity contribution in [1.82, 2.24) is 10.2 Å². The Morgan fingerprint density at radius 3 is 2.77 bits per heavy atom. The molecule has 0 bridgehead atoms. The zero-order valence-corrected chi connectivity index (χ0v) is 16.3. The molecule has 0 radical (unpaired) electrons. The largest absolute Gasteiger partial charge is 0.497 e. The first kappa shape index (κ1) is 20.6. The summed E-state index contributed by atoms with van der Waals surface area (Å²) in [6.07, 6.45) is 2.07. The predicted octanol–water partition coefficient (Wildman–Crippen LogP) is 2.71. The van der Waals surface area contributed by atoms with Crippen molar-refractivity contribution >= 4 is 5.91 Å². The molecule has 2 rings (SSSR count). The summed E-state index contributed by atoms with van der Waals surface area (Å²) in [6, 6.07) is 4.48. The molecule has 0 aromatic heterocycles. The van der Waals surface area contributed by atoms with Gasteiger partial charge in [0, 0.05) is 25.2 Å². The zero-order chi connectivity index (χ0) is 19.4. The van der Waals surface area contributed by atoms with Crippen LogP contribution in [0.5, 0.6) is 5.75 Å². The van der Waals surface area contributed by atoms with E-state index in [-0.39, 0.29) is 30.2 Å². The van der Waals surface area contributed by atoms with Crippen molar-refractivity contribution in [2.45, 2.75) is 52.2 Å². The lowest BCUT2D eigenvalue weighted by Gasteiger charge is -2.38. The van der Waals surface area contributed by atoms with E-state index in [1.807, 2.05) is 0 Å². The van der Waals surface area contributed by atoms with Gasteiger partial charge in [-0.25, -0.2) is 4.39 Å². The minimum Gasteiger partial charge on any atom is -0.497 e. The highest BCUT2D eigenvalue weighted by Crippen LogP contribution is 2.26. The van der Waals surface area contributed by atoms with Crippen molar-refractivity contribution < 1.29 is 19.0 Å². The van der Waals surface area contributed by atoms with Gasteiger partial charge in [0.1, 0.15) is 11.6 Å². The third kappa shape index (κ3) is 5.42. The van der Waals surface area contributed by atoms with Gasteiger partial charge in [0.05, 0.1) is 7.11 Å². The molecule has 1 heterocycles. The van der Waals surface area contributed by atoms with Crippen LogP contribution in [0.1, 0.15) is 45.6 Å². The molecule has 2 N–H and O–H groups in total. The smallest absolute Gasteiger partial charge is 0.256 e. The van der Waals surface area contributed by atoms with E-state index in [2.05, 4.69) is 26.1 Å². The molecular weight excluding hydrogens is 335 g/mol. The molecule has 1 saturated heterocycles. The van der Waals surface area contributed by atoms with Crippen LogP contribution in [0.2, 0.25) is 0 Å². The van der Waals surface area contributed by atoms with Crippen LogP contribution in [0.25, 0.3) is 0 Å². The number of ether oxygens (including phenoxy) is 1. The molecule has 1 aromatic carbocycles. The normalized spacial score (nSPS) is 21.2. The summed E-state index contributed by atoms with van der Waals surface area (Å²) in [5.74, 6) is -0.171. The maximum Gasteiger partial charge on any atom is 0.256 e. The van der Waals surface area contributed by atoms with Gasteiger partial charge in [0.15, 0.2) is 5.60 Å². The first-order chi connectivity index (χ1) is 12.1. The lowest BCUT2D eigenvalue weighted by Crippen LogP contribution is -2.57. The highest BCUT2D eigenvalue weighted by molar-refractivity contribution is 5.86. The van der Waals surface area contributed by atoms with E-state index >= 15 is 0 Å². The molecule has 5 nitrogen and oxygen atoms in total. The summed E-state index contributed by atoms with van der Waals surface area (Å²) >= 11 is 0. The van der Waals surface area contributed by atoms with E-state index < -0.39 is 5.60 Å². The van der Waals surface area contributed by atoms with Crippen LogP contribution in [-0.4, -0.2) is 48.3 Å². The molecule has 6 heteroatoms. The van der Waals surface area contributed by atoms with Gasteiger partial charge >= 0.3 is 0 Å². The molecule has 146 valence electrons. The monoisotopic (exact) mass is 366 g/mol. The van der Waals surface area contributed by atoms with Crippen LogP contribution in [0.15, 0.2) is 18.2 Å². The number of nitrogens with zero attached hydrogens (tertiary/aromatic N) is 1. The third-order valence-corrected chi connectivity index (χ3v) is 4.79. The first-order valence-corrected chi connectivity index (χ1v) is 9.19. The number of halogens is 1. The number of benzene rings is 1. The van der Waals surface area contributed by atoms with Crippen LogP contribution < -0.4 is 10.1 Å². The number of likely N-dealkylation sites (tertiary alicyclic amines) is 1. The van der Waals surface area contributed by atoms with Crippen molar-refractivity contribution in [2.24, 2.45) is 5.41 Å². The molecule has 1 amide bonds. The highest BCUT2D eigenvalue weighted by Gasteiger charge is 2.41. The SMILES string of the molecule is COc1ccc(F)c(CN2CCC[C@@](O)(CNCCC(C)(C)C)C2=O)c1. The standard InChI is InChI=1S/C20H31FN2O3/c1-19(2,3)9-10-22-14-20(25)8-5-11-23(18(20)24)13-15-12-16(26-4)6-7-17(15)21/h6-7,12,22,25H,5,8-11,13-14H2,1-4H3/t20-/m1/s1. The molecule has 1 fully saturated rings. The van der Waals surface area contributed by atoms with Crippen LogP contribution in [0.4, 0.5) is 4.39 Å². The number of carbonyl (C=O) groups is 1. The van der Waals surface area contributed by atoms with Gasteiger partial charge in [0.2, 0.25) is 0 Å². The van der Waals surface area contributed by atoms with Gasteiger partial charge < -0.3 is 20.1 Å². The van der Waals surface area contributed by atoms with E-state index in [0.717, 1.165) is 13.0 Å². The maximum atomic E-state index is 14.1. The summed E-state index contributed by atoms with van der Waals surface area (Å²) in [4.78, 5) is 14.3. The van der Waals surface area contributed by atoms with Crippen LogP contribution in [-0.2, 0) is 11.3 Å². The second kappa shape index (κ2) is 8.35. The zero-order valence-electron chi connectivity index (χ0n) is 16.3. The molecule has 0 aliphatic carbocycles. The Morgan fingerprint density at radius 1 is 1.38 bits per heavy atom. The van der Waals surface area contributed by atoms with Crippen molar-refractivity contribution in [1.29, 1.82) is 0 Å². The molecule has 0 saturated carbocycles. The van der Waals surface area contributed by atoms with Crippen molar-refractivity contribution in [3.05, 3.63) is 29.6 Å². The molecule has 0 spiro atoms. The molecule has 26 heavy (non-hydrogen) atoms. The fourth-order valence-electron chi connectivity index (χ4n) is 3.14. The number of aliphatic hydroxyl groups is 1. The van der Waals surface area contributed by atoms with E-state index in [9.17, 15) is 14.3 Å². The van der Waals surface area contributed by atoms with E-state index in [4.69, 9.17) is 4.74 Å². The predicted molar refractivity (Wildman–Crippen MR) is 99.5 cm³/mol. The number of methoxy groups -OCH3 is 1. The number of hydrogen-bond acceptors (Lipinski definition) is 4. The summed E-state index contributed by atoms with van der Waals surface area (Å²) in [5, 5.41) is 14.0. The number of piperidine rings is 1. The fourth-order valence-corrected chi connectivity index (χ4v) is 3.14. The number of carbonyl (C=O) groups excluding carboxylic acids is 1. The lowest BCUT2D eigenvalue weighted by atomic mass is 9.90. The molecule has 1 aliphatic rings. The van der Waals surface area contributed by atoms with Crippen molar-refractivity contribution in [2.75, 3.05) is 26.7 Å². The number of nitrogens with one attached hydrogen (secondary N) is 1. The molecule has 1 atom stereocenters. The molecule has 1 aromatic rings. The van der Waals surface area contributed by atoms with Gasteiger partial charge in [-0.3, -0.25) is 4.79 Å². The maximum absolute atomic E-state index is 14.1.